The van der Waals surface area contributed by atoms with Crippen LogP contribution in [0.1, 0.15) is 0 Å². The Kier molecular flexibility index (Phi) is 2.19. The van der Waals surface area contributed by atoms with Gasteiger partial charge in [-0.15, -0.1) is 0 Å². The molecular weight excluding hydrogens is 234 g/mol. The minimum atomic E-state index is -1.08. The molecule has 90 valence electrons. The molecule has 5 heteroatoms. The maximum absolute atomic E-state index is 11.7. The maximum atomic E-state index is 11.7. The molecule has 0 aliphatic carbocycles. The Morgan fingerprint density at radius 2 is 2.00 bits per heavy atom. The molecule has 0 saturated heterocycles. The first-order valence-electron chi connectivity index (χ1n) is 5.40. The number of aromatic nitrogens is 1. The highest BCUT2D eigenvalue weighted by Gasteiger charge is 2.14. The number of benzene rings is 2. The van der Waals surface area contributed by atoms with E-state index in [0.717, 1.165) is 15.3 Å². The summed E-state index contributed by atoms with van der Waals surface area (Å²) >= 11 is 0. The number of carboxylic acid groups (broad SMARTS) is 1. The molecule has 0 unspecified atom stereocenters. The molecular formula is C13H9NO4. The minimum absolute atomic E-state index is 0.403. The Balaban J connectivity index is 2.47. The van der Waals surface area contributed by atoms with Gasteiger partial charge >= 0.3 is 11.7 Å². The molecule has 0 aliphatic rings. The van der Waals surface area contributed by atoms with E-state index in [2.05, 4.69) is 0 Å². The third-order valence-corrected chi connectivity index (χ3v) is 2.84. The molecule has 0 saturated carbocycles. The van der Waals surface area contributed by atoms with E-state index in [-0.39, 0.29) is 0 Å². The molecule has 0 spiro atoms. The summed E-state index contributed by atoms with van der Waals surface area (Å²) in [6.07, 6.45) is 0. The summed E-state index contributed by atoms with van der Waals surface area (Å²) in [5, 5.41) is 10.6. The second-order valence-corrected chi connectivity index (χ2v) is 3.98. The molecule has 5 nitrogen and oxygen atoms in total. The highest BCUT2D eigenvalue weighted by molar-refractivity contribution is 6.03. The van der Waals surface area contributed by atoms with Crippen LogP contribution in [-0.2, 0) is 11.3 Å². The van der Waals surface area contributed by atoms with E-state index in [9.17, 15) is 9.59 Å². The molecule has 1 N–H and O–H groups in total. The molecule has 2 aromatic carbocycles. The van der Waals surface area contributed by atoms with Crippen molar-refractivity contribution in [2.24, 2.45) is 0 Å². The number of nitrogens with zero attached hydrogens (tertiary/aromatic N) is 1. The highest BCUT2D eigenvalue weighted by Crippen LogP contribution is 2.24. The third kappa shape index (κ3) is 1.48. The first kappa shape index (κ1) is 10.6. The summed E-state index contributed by atoms with van der Waals surface area (Å²) < 4.78 is 6.19. The number of hydrogen-bond donors (Lipinski definition) is 1. The van der Waals surface area contributed by atoms with Crippen LogP contribution in [0.3, 0.4) is 0 Å². The van der Waals surface area contributed by atoms with Crippen molar-refractivity contribution in [1.82, 2.24) is 4.57 Å². The average Bonchev–Trinajstić information content (AvgIpc) is 2.66. The van der Waals surface area contributed by atoms with Gasteiger partial charge in [-0.05, 0) is 11.5 Å². The SMILES string of the molecule is O=C(O)Cn1c(=O)oc2ccc3ccccc3c21. The van der Waals surface area contributed by atoms with Gasteiger partial charge in [-0.2, -0.15) is 0 Å². The van der Waals surface area contributed by atoms with Crippen molar-refractivity contribution >= 4 is 27.8 Å². The summed E-state index contributed by atoms with van der Waals surface area (Å²) in [6.45, 7) is -0.403. The quantitative estimate of drug-likeness (QED) is 0.745. The summed E-state index contributed by atoms with van der Waals surface area (Å²) in [4.78, 5) is 22.4. The summed E-state index contributed by atoms with van der Waals surface area (Å²) in [7, 11) is 0. The lowest BCUT2D eigenvalue weighted by atomic mass is 10.1. The van der Waals surface area contributed by atoms with Gasteiger partial charge in [0.25, 0.3) is 0 Å². The summed E-state index contributed by atoms with van der Waals surface area (Å²) in [5.74, 6) is -1.73. The van der Waals surface area contributed by atoms with Gasteiger partial charge in [0.15, 0.2) is 5.58 Å². The van der Waals surface area contributed by atoms with Crippen LogP contribution >= 0.6 is 0 Å². The van der Waals surface area contributed by atoms with Gasteiger partial charge < -0.3 is 9.52 Å². The Labute approximate surface area is 101 Å². The normalized spacial score (nSPS) is 11.1. The number of fused-ring (bicyclic) bond motifs is 3. The number of aliphatic carboxylic acids is 1. The van der Waals surface area contributed by atoms with E-state index in [1.165, 1.54) is 0 Å². The predicted octanol–water partition coefficient (Wildman–Crippen LogP) is 1.83. The Morgan fingerprint density at radius 3 is 2.78 bits per heavy atom. The van der Waals surface area contributed by atoms with E-state index in [0.29, 0.717) is 11.1 Å². The Morgan fingerprint density at radius 1 is 1.22 bits per heavy atom. The minimum Gasteiger partial charge on any atom is -0.480 e. The van der Waals surface area contributed by atoms with Gasteiger partial charge in [0.1, 0.15) is 6.54 Å². The van der Waals surface area contributed by atoms with Crippen molar-refractivity contribution in [3.8, 4) is 0 Å². The van der Waals surface area contributed by atoms with Crippen LogP contribution in [0.15, 0.2) is 45.6 Å². The van der Waals surface area contributed by atoms with Gasteiger partial charge in [-0.25, -0.2) is 4.79 Å². The standard InChI is InChI=1S/C13H9NO4/c15-11(16)7-14-12-9-4-2-1-3-8(9)5-6-10(12)18-13(14)17/h1-6H,7H2,(H,15,16). The first-order valence-corrected chi connectivity index (χ1v) is 5.40. The van der Waals surface area contributed by atoms with Gasteiger partial charge in [0, 0.05) is 5.39 Å². The Bertz CT molecular complexity index is 813. The van der Waals surface area contributed by atoms with Crippen molar-refractivity contribution in [2.75, 3.05) is 0 Å². The summed E-state index contributed by atoms with van der Waals surface area (Å²) in [6, 6.07) is 11.0. The lowest BCUT2D eigenvalue weighted by Gasteiger charge is -2.01. The maximum Gasteiger partial charge on any atom is 0.420 e. The van der Waals surface area contributed by atoms with Gasteiger partial charge in [0.05, 0.1) is 5.52 Å². The fourth-order valence-corrected chi connectivity index (χ4v) is 2.12. The summed E-state index contributed by atoms with van der Waals surface area (Å²) in [5.41, 5.74) is 0.931. The second kappa shape index (κ2) is 3.73. The zero-order valence-corrected chi connectivity index (χ0v) is 9.29. The van der Waals surface area contributed by atoms with Gasteiger partial charge in [-0.1, -0.05) is 30.3 Å². The fourth-order valence-electron chi connectivity index (χ4n) is 2.12. The van der Waals surface area contributed by atoms with Crippen LogP contribution in [0, 0.1) is 0 Å². The largest absolute Gasteiger partial charge is 0.480 e. The van der Waals surface area contributed by atoms with Gasteiger partial charge in [0.2, 0.25) is 0 Å². The van der Waals surface area contributed by atoms with Crippen molar-refractivity contribution in [2.45, 2.75) is 6.54 Å². The van der Waals surface area contributed by atoms with Crippen LogP contribution in [0.2, 0.25) is 0 Å². The van der Waals surface area contributed by atoms with Crippen molar-refractivity contribution < 1.29 is 14.3 Å². The molecule has 18 heavy (non-hydrogen) atoms. The fraction of sp³-hybridized carbons (Fsp3) is 0.0769. The van der Waals surface area contributed by atoms with Crippen molar-refractivity contribution in [3.05, 3.63) is 46.9 Å². The highest BCUT2D eigenvalue weighted by atomic mass is 16.4. The number of rotatable bonds is 2. The lowest BCUT2D eigenvalue weighted by Crippen LogP contribution is -2.19. The number of hydrogen-bond acceptors (Lipinski definition) is 3. The number of carbonyl (C=O) groups is 1. The molecule has 0 fully saturated rings. The molecule has 0 bridgehead atoms. The smallest absolute Gasteiger partial charge is 0.420 e. The monoisotopic (exact) mass is 243 g/mol. The lowest BCUT2D eigenvalue weighted by molar-refractivity contribution is -0.137. The number of carboxylic acids is 1. The van der Waals surface area contributed by atoms with Crippen LogP contribution in [0.5, 0.6) is 0 Å². The predicted molar refractivity (Wildman–Crippen MR) is 65.6 cm³/mol. The molecule has 0 radical (unpaired) electrons. The first-order chi connectivity index (χ1) is 8.66. The zero-order chi connectivity index (χ0) is 12.7. The van der Waals surface area contributed by atoms with E-state index < -0.39 is 18.3 Å². The average molecular weight is 243 g/mol. The van der Waals surface area contributed by atoms with E-state index >= 15 is 0 Å². The molecule has 3 rings (SSSR count). The van der Waals surface area contributed by atoms with E-state index in [1.54, 1.807) is 6.07 Å². The van der Waals surface area contributed by atoms with E-state index in [1.807, 2.05) is 30.3 Å². The molecule has 1 heterocycles. The molecule has 0 aliphatic heterocycles. The van der Waals surface area contributed by atoms with Crippen molar-refractivity contribution in [1.29, 1.82) is 0 Å². The molecule has 1 aromatic heterocycles. The van der Waals surface area contributed by atoms with Crippen LogP contribution in [0.25, 0.3) is 21.9 Å². The van der Waals surface area contributed by atoms with Crippen LogP contribution in [0.4, 0.5) is 0 Å². The molecule has 3 aromatic rings. The molecule has 0 atom stereocenters. The topological polar surface area (TPSA) is 72.4 Å². The third-order valence-electron chi connectivity index (χ3n) is 2.84. The zero-order valence-electron chi connectivity index (χ0n) is 9.29. The van der Waals surface area contributed by atoms with Gasteiger partial charge in [-0.3, -0.25) is 9.36 Å². The van der Waals surface area contributed by atoms with Crippen LogP contribution in [-0.4, -0.2) is 15.6 Å². The second-order valence-electron chi connectivity index (χ2n) is 3.98. The van der Waals surface area contributed by atoms with Crippen LogP contribution < -0.4 is 5.76 Å². The molecule has 0 amide bonds. The Hall–Kier alpha value is -2.56. The van der Waals surface area contributed by atoms with E-state index in [4.69, 9.17) is 9.52 Å². The van der Waals surface area contributed by atoms with Crippen molar-refractivity contribution in [3.63, 3.8) is 0 Å². The number of oxazole rings is 1.